The van der Waals surface area contributed by atoms with Gasteiger partial charge in [-0.1, -0.05) is 38.1 Å². The third kappa shape index (κ3) is 3.03. The van der Waals surface area contributed by atoms with Crippen LogP contribution >= 0.6 is 15.9 Å². The Bertz CT molecular complexity index is 507. The lowest BCUT2D eigenvalue weighted by atomic mass is 10.0. The maximum atomic E-state index is 5.68. The van der Waals surface area contributed by atoms with Crippen LogP contribution in [0.1, 0.15) is 36.8 Å². The van der Waals surface area contributed by atoms with Crippen molar-refractivity contribution in [3.8, 4) is 0 Å². The molecule has 0 saturated heterocycles. The number of halogens is 1. The fourth-order valence-electron chi connectivity index (χ4n) is 2.06. The summed E-state index contributed by atoms with van der Waals surface area (Å²) in [6.45, 7) is 5.18. The van der Waals surface area contributed by atoms with E-state index < -0.39 is 0 Å². The first-order valence-electron chi connectivity index (χ1n) is 6.32. The van der Waals surface area contributed by atoms with Crippen molar-refractivity contribution in [2.45, 2.75) is 26.3 Å². The Labute approximate surface area is 117 Å². The number of furan rings is 1. The molecule has 1 aromatic heterocycles. The maximum Gasteiger partial charge on any atom is 0.169 e. The van der Waals surface area contributed by atoms with Crippen molar-refractivity contribution in [3.63, 3.8) is 0 Å². The fourth-order valence-corrected chi connectivity index (χ4v) is 2.38. The number of hydrogen-bond donors (Lipinski definition) is 1. The molecule has 0 aliphatic carbocycles. The molecular weight excluding hydrogens is 290 g/mol. The predicted molar refractivity (Wildman–Crippen MR) is 77.7 cm³/mol. The van der Waals surface area contributed by atoms with E-state index in [0.717, 1.165) is 23.4 Å². The first kappa shape index (κ1) is 13.4. The number of aryl methyl sites for hydroxylation is 1. The van der Waals surface area contributed by atoms with Crippen molar-refractivity contribution < 1.29 is 4.42 Å². The van der Waals surface area contributed by atoms with Gasteiger partial charge in [0.25, 0.3) is 0 Å². The summed E-state index contributed by atoms with van der Waals surface area (Å²) >= 11 is 3.36. The van der Waals surface area contributed by atoms with E-state index in [1.54, 1.807) is 0 Å². The highest BCUT2D eigenvalue weighted by Gasteiger charge is 2.16. The molecule has 18 heavy (non-hydrogen) atoms. The molecule has 2 rings (SSSR count). The quantitative estimate of drug-likeness (QED) is 0.890. The molecule has 0 spiro atoms. The van der Waals surface area contributed by atoms with Crippen LogP contribution in [0.2, 0.25) is 0 Å². The smallest absolute Gasteiger partial charge is 0.169 e. The van der Waals surface area contributed by atoms with Crippen LogP contribution in [-0.4, -0.2) is 6.54 Å². The van der Waals surface area contributed by atoms with E-state index in [9.17, 15) is 0 Å². The molecule has 0 bridgehead atoms. The van der Waals surface area contributed by atoms with E-state index in [1.807, 2.05) is 12.1 Å². The molecule has 0 aliphatic rings. The van der Waals surface area contributed by atoms with Gasteiger partial charge in [-0.15, -0.1) is 0 Å². The monoisotopic (exact) mass is 307 g/mol. The Morgan fingerprint density at radius 1 is 1.22 bits per heavy atom. The molecule has 0 saturated carbocycles. The molecule has 2 aromatic rings. The molecular formula is C15H18BrNO. The van der Waals surface area contributed by atoms with E-state index in [4.69, 9.17) is 4.42 Å². The van der Waals surface area contributed by atoms with Crippen molar-refractivity contribution in [3.05, 3.63) is 58.0 Å². The first-order chi connectivity index (χ1) is 8.74. The van der Waals surface area contributed by atoms with E-state index in [0.29, 0.717) is 0 Å². The van der Waals surface area contributed by atoms with Crippen LogP contribution < -0.4 is 5.32 Å². The van der Waals surface area contributed by atoms with Gasteiger partial charge in [0.2, 0.25) is 0 Å². The molecule has 1 unspecified atom stereocenters. The SMILES string of the molecule is CCNC(c1cccc(CC)c1)c1ccc(Br)o1. The van der Waals surface area contributed by atoms with Crippen LogP contribution in [0.15, 0.2) is 45.5 Å². The van der Waals surface area contributed by atoms with Crippen molar-refractivity contribution in [2.75, 3.05) is 6.54 Å². The Hall–Kier alpha value is -1.06. The molecule has 0 aliphatic heterocycles. The van der Waals surface area contributed by atoms with E-state index in [2.05, 4.69) is 59.4 Å². The van der Waals surface area contributed by atoms with Crippen LogP contribution in [0.3, 0.4) is 0 Å². The van der Waals surface area contributed by atoms with Crippen molar-refractivity contribution in [2.24, 2.45) is 0 Å². The van der Waals surface area contributed by atoms with Crippen LogP contribution in [0.4, 0.5) is 0 Å². The summed E-state index contributed by atoms with van der Waals surface area (Å²) in [6.07, 6.45) is 1.05. The van der Waals surface area contributed by atoms with Crippen LogP contribution in [0.25, 0.3) is 0 Å². The van der Waals surface area contributed by atoms with Gasteiger partial charge in [0.05, 0.1) is 6.04 Å². The second kappa shape index (κ2) is 6.21. The Kier molecular flexibility index (Phi) is 4.61. The summed E-state index contributed by atoms with van der Waals surface area (Å²) in [5.41, 5.74) is 2.60. The Morgan fingerprint density at radius 2 is 2.06 bits per heavy atom. The van der Waals surface area contributed by atoms with E-state index >= 15 is 0 Å². The highest BCUT2D eigenvalue weighted by molar-refractivity contribution is 9.10. The van der Waals surface area contributed by atoms with Gasteiger partial charge in [-0.3, -0.25) is 0 Å². The van der Waals surface area contributed by atoms with Crippen molar-refractivity contribution >= 4 is 15.9 Å². The lowest BCUT2D eigenvalue weighted by Crippen LogP contribution is -2.21. The molecule has 1 aromatic carbocycles. The van der Waals surface area contributed by atoms with Gasteiger partial charge in [0.1, 0.15) is 5.76 Å². The summed E-state index contributed by atoms with van der Waals surface area (Å²) in [7, 11) is 0. The molecule has 1 N–H and O–H groups in total. The van der Waals surface area contributed by atoms with Gasteiger partial charge >= 0.3 is 0 Å². The standard InChI is InChI=1S/C15H18BrNO/c1-3-11-6-5-7-12(10-11)15(17-4-2)13-8-9-14(16)18-13/h5-10,15,17H,3-4H2,1-2H3. The number of nitrogens with one attached hydrogen (secondary N) is 1. The molecule has 0 fully saturated rings. The van der Waals surface area contributed by atoms with Crippen molar-refractivity contribution in [1.82, 2.24) is 5.32 Å². The molecule has 1 atom stereocenters. The van der Waals surface area contributed by atoms with E-state index in [-0.39, 0.29) is 6.04 Å². The fraction of sp³-hybridized carbons (Fsp3) is 0.333. The predicted octanol–water partition coefficient (Wildman–Crippen LogP) is 4.30. The maximum absolute atomic E-state index is 5.68. The van der Waals surface area contributed by atoms with Crippen molar-refractivity contribution in [1.29, 1.82) is 0 Å². The second-order valence-electron chi connectivity index (χ2n) is 4.23. The molecule has 3 heteroatoms. The van der Waals surface area contributed by atoms with Crippen LogP contribution in [-0.2, 0) is 6.42 Å². The Balaban J connectivity index is 2.34. The average molecular weight is 308 g/mol. The molecule has 2 nitrogen and oxygen atoms in total. The molecule has 96 valence electrons. The zero-order valence-electron chi connectivity index (χ0n) is 10.7. The highest BCUT2D eigenvalue weighted by Crippen LogP contribution is 2.26. The minimum absolute atomic E-state index is 0.118. The molecule has 1 heterocycles. The largest absolute Gasteiger partial charge is 0.452 e. The zero-order valence-corrected chi connectivity index (χ0v) is 12.3. The number of rotatable bonds is 5. The second-order valence-corrected chi connectivity index (χ2v) is 5.01. The van der Waals surface area contributed by atoms with Gasteiger partial charge in [0, 0.05) is 0 Å². The normalized spacial score (nSPS) is 12.6. The zero-order chi connectivity index (χ0) is 13.0. The van der Waals surface area contributed by atoms with Gasteiger partial charge in [-0.2, -0.15) is 0 Å². The summed E-state index contributed by atoms with van der Waals surface area (Å²) < 4.78 is 6.45. The topological polar surface area (TPSA) is 25.2 Å². The summed E-state index contributed by atoms with van der Waals surface area (Å²) in [6, 6.07) is 12.7. The number of benzene rings is 1. The van der Waals surface area contributed by atoms with E-state index in [1.165, 1.54) is 11.1 Å². The summed E-state index contributed by atoms with van der Waals surface area (Å²) in [5.74, 6) is 0.942. The lowest BCUT2D eigenvalue weighted by molar-refractivity contribution is 0.437. The summed E-state index contributed by atoms with van der Waals surface area (Å²) in [4.78, 5) is 0. The van der Waals surface area contributed by atoms with Gasteiger partial charge in [-0.25, -0.2) is 0 Å². The first-order valence-corrected chi connectivity index (χ1v) is 7.11. The minimum atomic E-state index is 0.118. The average Bonchev–Trinajstić information content (AvgIpc) is 2.82. The number of hydrogen-bond acceptors (Lipinski definition) is 2. The molecule has 0 amide bonds. The minimum Gasteiger partial charge on any atom is -0.452 e. The highest BCUT2D eigenvalue weighted by atomic mass is 79.9. The van der Waals surface area contributed by atoms with Crippen LogP contribution in [0.5, 0.6) is 0 Å². The van der Waals surface area contributed by atoms with Gasteiger partial charge < -0.3 is 9.73 Å². The van der Waals surface area contributed by atoms with Gasteiger partial charge in [0.15, 0.2) is 4.67 Å². The lowest BCUT2D eigenvalue weighted by Gasteiger charge is -2.16. The van der Waals surface area contributed by atoms with Crippen LogP contribution in [0, 0.1) is 0 Å². The molecule has 0 radical (unpaired) electrons. The third-order valence-corrected chi connectivity index (χ3v) is 3.41. The third-order valence-electron chi connectivity index (χ3n) is 2.98. The Morgan fingerprint density at radius 3 is 2.67 bits per heavy atom. The van der Waals surface area contributed by atoms with Gasteiger partial charge in [-0.05, 0) is 52.2 Å². The summed E-state index contributed by atoms with van der Waals surface area (Å²) in [5, 5.41) is 3.47.